The van der Waals surface area contributed by atoms with Crippen molar-refractivity contribution in [3.05, 3.63) is 11.9 Å². The summed E-state index contributed by atoms with van der Waals surface area (Å²) in [5, 5.41) is 9.28. The summed E-state index contributed by atoms with van der Waals surface area (Å²) < 4.78 is 5.38. The predicted molar refractivity (Wildman–Crippen MR) is 74.0 cm³/mol. The van der Waals surface area contributed by atoms with Crippen LogP contribution in [0.25, 0.3) is 0 Å². The fourth-order valence-corrected chi connectivity index (χ4v) is 3.01. The van der Waals surface area contributed by atoms with Crippen molar-refractivity contribution >= 4 is 23.5 Å². The molecule has 0 saturated carbocycles. The van der Waals surface area contributed by atoms with Gasteiger partial charge in [0.25, 0.3) is 0 Å². The lowest BCUT2D eigenvalue weighted by Crippen LogP contribution is -2.47. The zero-order chi connectivity index (χ0) is 13.8. The first-order chi connectivity index (χ1) is 9.11. The van der Waals surface area contributed by atoms with Gasteiger partial charge >= 0.3 is 5.97 Å². The Labute approximate surface area is 116 Å². The topological polar surface area (TPSA) is 75.5 Å². The summed E-state index contributed by atoms with van der Waals surface area (Å²) in [6.07, 6.45) is 0. The molecule has 1 aliphatic rings. The number of carbonyl (C=O) groups is 1. The second-order valence-corrected chi connectivity index (χ2v) is 5.32. The maximum Gasteiger partial charge on any atom is 0.327 e. The van der Waals surface area contributed by atoms with Gasteiger partial charge in [-0.05, 0) is 13.8 Å². The molecule has 1 fully saturated rings. The van der Waals surface area contributed by atoms with E-state index in [9.17, 15) is 9.90 Å². The average molecular weight is 283 g/mol. The van der Waals surface area contributed by atoms with Crippen LogP contribution >= 0.6 is 11.8 Å². The number of rotatable bonds is 4. The van der Waals surface area contributed by atoms with Gasteiger partial charge in [0.1, 0.15) is 17.7 Å². The summed E-state index contributed by atoms with van der Waals surface area (Å²) in [7, 11) is 0. The van der Waals surface area contributed by atoms with Crippen LogP contribution in [-0.4, -0.2) is 51.7 Å². The van der Waals surface area contributed by atoms with Crippen LogP contribution in [-0.2, 0) is 4.79 Å². The highest BCUT2D eigenvalue weighted by Crippen LogP contribution is 2.25. The van der Waals surface area contributed by atoms with Crippen LogP contribution in [0, 0.1) is 6.92 Å². The van der Waals surface area contributed by atoms with E-state index < -0.39 is 12.0 Å². The molecule has 1 atom stereocenters. The van der Waals surface area contributed by atoms with Crippen molar-refractivity contribution in [3.63, 3.8) is 0 Å². The van der Waals surface area contributed by atoms with E-state index >= 15 is 0 Å². The Morgan fingerprint density at radius 2 is 2.42 bits per heavy atom. The molecule has 0 amide bonds. The van der Waals surface area contributed by atoms with Gasteiger partial charge in [-0.25, -0.2) is 9.78 Å². The molecule has 0 radical (unpaired) electrons. The van der Waals surface area contributed by atoms with Gasteiger partial charge in [0.2, 0.25) is 5.88 Å². The van der Waals surface area contributed by atoms with E-state index in [0.29, 0.717) is 36.4 Å². The van der Waals surface area contributed by atoms with Crippen molar-refractivity contribution < 1.29 is 14.6 Å². The number of anilines is 1. The van der Waals surface area contributed by atoms with Crippen molar-refractivity contribution in [2.45, 2.75) is 19.9 Å². The summed E-state index contributed by atoms with van der Waals surface area (Å²) in [5.74, 6) is 2.36. The van der Waals surface area contributed by atoms with E-state index in [1.54, 1.807) is 24.8 Å². The molecule has 2 heterocycles. The molecule has 7 heteroatoms. The lowest BCUT2D eigenvalue weighted by atomic mass is 10.2. The lowest BCUT2D eigenvalue weighted by molar-refractivity contribution is -0.138. The predicted octanol–water partition coefficient (Wildman–Crippen LogP) is 1.19. The molecular weight excluding hydrogens is 266 g/mol. The zero-order valence-electron chi connectivity index (χ0n) is 11.0. The first kappa shape index (κ1) is 13.9. The number of nitrogens with zero attached hydrogens (tertiary/aromatic N) is 3. The van der Waals surface area contributed by atoms with Gasteiger partial charge in [-0.15, -0.1) is 0 Å². The largest absolute Gasteiger partial charge is 0.480 e. The second-order valence-electron chi connectivity index (χ2n) is 4.17. The molecule has 19 heavy (non-hydrogen) atoms. The van der Waals surface area contributed by atoms with Crippen LogP contribution in [0.2, 0.25) is 0 Å². The van der Waals surface area contributed by atoms with Gasteiger partial charge in [0.15, 0.2) is 0 Å². The van der Waals surface area contributed by atoms with Gasteiger partial charge in [-0.3, -0.25) is 0 Å². The van der Waals surface area contributed by atoms with E-state index in [-0.39, 0.29) is 0 Å². The smallest absolute Gasteiger partial charge is 0.327 e. The van der Waals surface area contributed by atoms with Gasteiger partial charge < -0.3 is 14.7 Å². The minimum Gasteiger partial charge on any atom is -0.480 e. The monoisotopic (exact) mass is 283 g/mol. The summed E-state index contributed by atoms with van der Waals surface area (Å²) in [6.45, 7) is 4.85. The third kappa shape index (κ3) is 3.28. The van der Waals surface area contributed by atoms with Crippen LogP contribution in [0.15, 0.2) is 6.07 Å². The number of aryl methyl sites for hydroxylation is 1. The van der Waals surface area contributed by atoms with E-state index in [0.717, 1.165) is 5.75 Å². The summed E-state index contributed by atoms with van der Waals surface area (Å²) in [5.41, 5.74) is 0. The average Bonchev–Trinajstić information content (AvgIpc) is 2.38. The molecule has 6 nitrogen and oxygen atoms in total. The third-order valence-corrected chi connectivity index (χ3v) is 3.82. The van der Waals surface area contributed by atoms with Crippen molar-refractivity contribution in [2.75, 3.05) is 29.6 Å². The fraction of sp³-hybridized carbons (Fsp3) is 0.583. The van der Waals surface area contributed by atoms with Crippen molar-refractivity contribution in [1.82, 2.24) is 9.97 Å². The van der Waals surface area contributed by atoms with E-state index in [2.05, 4.69) is 9.97 Å². The molecule has 1 N–H and O–H groups in total. The maximum atomic E-state index is 11.3. The van der Waals surface area contributed by atoms with Crippen molar-refractivity contribution in [1.29, 1.82) is 0 Å². The molecule has 1 aliphatic heterocycles. The molecule has 0 bridgehead atoms. The van der Waals surface area contributed by atoms with Crippen LogP contribution in [0.5, 0.6) is 5.88 Å². The Bertz CT molecular complexity index is 470. The van der Waals surface area contributed by atoms with Gasteiger partial charge in [-0.1, -0.05) is 0 Å². The highest BCUT2D eigenvalue weighted by Gasteiger charge is 2.30. The normalized spacial score (nSPS) is 19.3. The van der Waals surface area contributed by atoms with Crippen molar-refractivity contribution in [2.24, 2.45) is 0 Å². The molecule has 104 valence electrons. The number of carboxylic acids is 1. The Morgan fingerprint density at radius 3 is 3.11 bits per heavy atom. The quantitative estimate of drug-likeness (QED) is 0.889. The molecule has 0 spiro atoms. The van der Waals surface area contributed by atoms with E-state index in [1.807, 2.05) is 11.8 Å². The molecule has 1 aromatic rings. The molecule has 1 saturated heterocycles. The Hall–Kier alpha value is -1.50. The standard InChI is InChI=1S/C12H17N3O3S/c1-3-18-11-6-10(13-8(2)14-11)15-4-5-19-7-9(15)12(16)17/h6,9H,3-5,7H2,1-2H3,(H,16,17). The SMILES string of the molecule is CCOc1cc(N2CCSCC2C(=O)O)nc(C)n1. The van der Waals surface area contributed by atoms with Gasteiger partial charge in [0.05, 0.1) is 6.61 Å². The number of hydrogen-bond acceptors (Lipinski definition) is 6. The van der Waals surface area contributed by atoms with E-state index in [1.165, 1.54) is 0 Å². The maximum absolute atomic E-state index is 11.3. The lowest BCUT2D eigenvalue weighted by Gasteiger charge is -2.33. The van der Waals surface area contributed by atoms with Gasteiger partial charge in [-0.2, -0.15) is 16.7 Å². The molecule has 0 aromatic carbocycles. The zero-order valence-corrected chi connectivity index (χ0v) is 11.8. The molecule has 1 aromatic heterocycles. The summed E-state index contributed by atoms with van der Waals surface area (Å²) in [6, 6.07) is 1.17. The van der Waals surface area contributed by atoms with Crippen LogP contribution in [0.3, 0.4) is 0 Å². The first-order valence-corrected chi connectivity index (χ1v) is 7.33. The molecular formula is C12H17N3O3S. The Morgan fingerprint density at radius 1 is 1.63 bits per heavy atom. The minimum atomic E-state index is -0.818. The number of carboxylic acid groups (broad SMARTS) is 1. The number of aliphatic carboxylic acids is 1. The Balaban J connectivity index is 2.30. The number of thioether (sulfide) groups is 1. The number of aromatic nitrogens is 2. The molecule has 2 rings (SSSR count). The fourth-order valence-electron chi connectivity index (χ4n) is 1.98. The third-order valence-electron chi connectivity index (χ3n) is 2.80. The highest BCUT2D eigenvalue weighted by atomic mass is 32.2. The second kappa shape index (κ2) is 6.10. The summed E-state index contributed by atoms with van der Waals surface area (Å²) >= 11 is 1.65. The number of hydrogen-bond donors (Lipinski definition) is 1. The van der Waals surface area contributed by atoms with Crippen LogP contribution in [0.4, 0.5) is 5.82 Å². The first-order valence-electron chi connectivity index (χ1n) is 6.17. The molecule has 0 aliphatic carbocycles. The number of ether oxygens (including phenoxy) is 1. The molecule has 1 unspecified atom stereocenters. The van der Waals surface area contributed by atoms with Gasteiger partial charge in [0, 0.05) is 24.1 Å². The van der Waals surface area contributed by atoms with Crippen LogP contribution in [0.1, 0.15) is 12.7 Å². The highest BCUT2D eigenvalue weighted by molar-refractivity contribution is 7.99. The minimum absolute atomic E-state index is 0.493. The van der Waals surface area contributed by atoms with E-state index in [4.69, 9.17) is 4.74 Å². The summed E-state index contributed by atoms with van der Waals surface area (Å²) in [4.78, 5) is 21.6. The van der Waals surface area contributed by atoms with Crippen LogP contribution < -0.4 is 9.64 Å². The van der Waals surface area contributed by atoms with Crippen molar-refractivity contribution in [3.8, 4) is 5.88 Å². The Kier molecular flexibility index (Phi) is 4.47.